The second-order valence-electron chi connectivity index (χ2n) is 9.84. The van der Waals surface area contributed by atoms with Gasteiger partial charge in [-0.05, 0) is 44.2 Å². The van der Waals surface area contributed by atoms with Crippen LogP contribution in [0.25, 0.3) is 22.2 Å². The summed E-state index contributed by atoms with van der Waals surface area (Å²) in [5.74, 6) is 2.64. The maximum Gasteiger partial charge on any atom is 0.243 e. The van der Waals surface area contributed by atoms with Crippen molar-refractivity contribution in [3.63, 3.8) is 0 Å². The zero-order valence-electron chi connectivity index (χ0n) is 22.3. The molecule has 10 nitrogen and oxygen atoms in total. The van der Waals surface area contributed by atoms with Crippen LogP contribution in [0.1, 0.15) is 24.8 Å². The third kappa shape index (κ3) is 5.86. The number of hydrogen-bond donors (Lipinski definition) is 3. The van der Waals surface area contributed by atoms with Gasteiger partial charge in [-0.2, -0.15) is 0 Å². The first-order valence-electron chi connectivity index (χ1n) is 13.0. The lowest BCUT2D eigenvalue weighted by Crippen LogP contribution is -2.52. The molecule has 3 aromatic rings. The quantitative estimate of drug-likeness (QED) is 0.315. The number of ether oxygens (including phenoxy) is 3. The maximum absolute atomic E-state index is 11.9. The number of pyridine rings is 1. The van der Waals surface area contributed by atoms with E-state index in [1.807, 2.05) is 13.0 Å². The molecule has 0 radical (unpaired) electrons. The van der Waals surface area contributed by atoms with E-state index in [4.69, 9.17) is 35.8 Å². The number of anilines is 2. The predicted molar refractivity (Wildman–Crippen MR) is 152 cm³/mol. The van der Waals surface area contributed by atoms with E-state index in [0.29, 0.717) is 65.1 Å². The van der Waals surface area contributed by atoms with Gasteiger partial charge in [0, 0.05) is 41.9 Å². The first kappa shape index (κ1) is 27.0. The van der Waals surface area contributed by atoms with Crippen molar-refractivity contribution in [2.24, 2.45) is 5.92 Å². The van der Waals surface area contributed by atoms with Gasteiger partial charge in [0.2, 0.25) is 11.9 Å². The van der Waals surface area contributed by atoms with E-state index in [1.165, 1.54) is 18.9 Å². The Labute approximate surface area is 232 Å². The summed E-state index contributed by atoms with van der Waals surface area (Å²) in [4.78, 5) is 26.3. The van der Waals surface area contributed by atoms with Gasteiger partial charge in [-0.15, -0.1) is 0 Å². The van der Waals surface area contributed by atoms with Gasteiger partial charge in [-0.1, -0.05) is 18.2 Å². The van der Waals surface area contributed by atoms with Crippen LogP contribution in [0.4, 0.5) is 11.8 Å². The molecule has 2 aliphatic rings. The molecular formula is C28H33ClN6O4. The second kappa shape index (κ2) is 11.6. The Morgan fingerprint density at radius 3 is 2.69 bits per heavy atom. The minimum absolute atomic E-state index is 0.135. The average Bonchev–Trinajstić information content (AvgIpc) is 3.78. The molecule has 2 fully saturated rings. The van der Waals surface area contributed by atoms with Crippen LogP contribution in [0.3, 0.4) is 0 Å². The molecular weight excluding hydrogens is 520 g/mol. The van der Waals surface area contributed by atoms with Gasteiger partial charge >= 0.3 is 0 Å². The van der Waals surface area contributed by atoms with E-state index in [1.54, 1.807) is 26.5 Å². The first-order chi connectivity index (χ1) is 18.9. The Morgan fingerprint density at radius 1 is 1.18 bits per heavy atom. The number of rotatable bonds is 10. The van der Waals surface area contributed by atoms with Crippen LogP contribution in [-0.2, 0) is 9.53 Å². The van der Waals surface area contributed by atoms with Crippen LogP contribution < -0.4 is 25.4 Å². The third-order valence-electron chi connectivity index (χ3n) is 7.14. The molecule has 5 rings (SSSR count). The highest BCUT2D eigenvalue weighted by Crippen LogP contribution is 2.43. The molecule has 11 heteroatoms. The third-order valence-corrected chi connectivity index (χ3v) is 7.52. The molecule has 3 N–H and O–H groups in total. The highest BCUT2D eigenvalue weighted by molar-refractivity contribution is 6.35. The number of carbonyl (C=O) groups is 1. The first-order valence-corrected chi connectivity index (χ1v) is 13.4. The summed E-state index contributed by atoms with van der Waals surface area (Å²) in [5, 5.41) is 11.1. The Balaban J connectivity index is 1.54. The lowest BCUT2D eigenvalue weighted by molar-refractivity contribution is -0.117. The number of aromatic nitrogens is 3. The van der Waals surface area contributed by atoms with Crippen molar-refractivity contribution >= 4 is 40.2 Å². The number of nitrogens with one attached hydrogen (secondary N) is 3. The molecule has 1 aliphatic carbocycles. The molecule has 1 saturated heterocycles. The van der Waals surface area contributed by atoms with E-state index >= 15 is 0 Å². The van der Waals surface area contributed by atoms with Gasteiger partial charge in [0.1, 0.15) is 17.0 Å². The number of nitrogens with zero attached hydrogens (tertiary/aromatic N) is 3. The highest BCUT2D eigenvalue weighted by atomic mass is 35.5. The summed E-state index contributed by atoms with van der Waals surface area (Å²) in [7, 11) is 3.19. The highest BCUT2D eigenvalue weighted by Gasteiger charge is 2.28. The number of carbonyl (C=O) groups excluding carboxylic acids is 1. The van der Waals surface area contributed by atoms with Crippen LogP contribution in [0, 0.1) is 12.8 Å². The van der Waals surface area contributed by atoms with Crippen LogP contribution >= 0.6 is 11.6 Å². The van der Waals surface area contributed by atoms with Crippen molar-refractivity contribution in [2.75, 3.05) is 44.6 Å². The number of benzene rings is 1. The topological polar surface area (TPSA) is 120 Å². The molecule has 1 aromatic carbocycles. The van der Waals surface area contributed by atoms with Gasteiger partial charge in [0.25, 0.3) is 0 Å². The molecule has 39 heavy (non-hydrogen) atoms. The second-order valence-corrected chi connectivity index (χ2v) is 10.2. The van der Waals surface area contributed by atoms with Gasteiger partial charge < -0.3 is 30.2 Å². The molecule has 0 bridgehead atoms. The largest absolute Gasteiger partial charge is 0.496 e. The van der Waals surface area contributed by atoms with Gasteiger partial charge in [-0.3, -0.25) is 4.79 Å². The molecule has 2 atom stereocenters. The van der Waals surface area contributed by atoms with Crippen LogP contribution in [0.5, 0.6) is 11.5 Å². The summed E-state index contributed by atoms with van der Waals surface area (Å²) in [6, 6.07) is 3.37. The van der Waals surface area contributed by atoms with E-state index < -0.39 is 0 Å². The lowest BCUT2D eigenvalue weighted by atomic mass is 10.0. The van der Waals surface area contributed by atoms with Gasteiger partial charge in [-0.25, -0.2) is 15.0 Å². The Kier molecular flexibility index (Phi) is 8.04. The summed E-state index contributed by atoms with van der Waals surface area (Å²) < 4.78 is 16.7. The monoisotopic (exact) mass is 552 g/mol. The summed E-state index contributed by atoms with van der Waals surface area (Å²) >= 11 is 6.78. The normalized spacial score (nSPS) is 18.9. The van der Waals surface area contributed by atoms with Crippen LogP contribution in [-0.4, -0.2) is 66.9 Å². The van der Waals surface area contributed by atoms with E-state index in [9.17, 15) is 4.79 Å². The Bertz CT molecular complexity index is 1370. The molecule has 0 unspecified atom stereocenters. The summed E-state index contributed by atoms with van der Waals surface area (Å²) in [6.45, 7) is 7.28. The van der Waals surface area contributed by atoms with Crippen LogP contribution in [0.2, 0.25) is 5.02 Å². The summed E-state index contributed by atoms with van der Waals surface area (Å²) in [6.07, 6.45) is 6.10. The van der Waals surface area contributed by atoms with Crippen molar-refractivity contribution < 1.29 is 19.0 Å². The number of halogens is 1. The number of methoxy groups -OCH3 is 2. The molecule has 1 saturated carbocycles. The Hall–Kier alpha value is -3.63. The molecule has 3 heterocycles. The molecule has 2 aromatic heterocycles. The zero-order chi connectivity index (χ0) is 27.5. The molecule has 1 amide bonds. The van der Waals surface area contributed by atoms with Crippen LogP contribution in [0.15, 0.2) is 31.0 Å². The zero-order valence-corrected chi connectivity index (χ0v) is 23.1. The number of hydrogen-bond acceptors (Lipinski definition) is 9. The SMILES string of the molecule is C=CC(=O)N[C@H]1CCOC[C@H]1Nc1ncc2cc(-c3c(C)c(OC)cc(OC)c3Cl)nc(NCC3CC3)c2n1. The fourth-order valence-electron chi connectivity index (χ4n) is 4.75. The van der Waals surface area contributed by atoms with Gasteiger partial charge in [0.15, 0.2) is 5.82 Å². The fourth-order valence-corrected chi connectivity index (χ4v) is 5.12. The minimum Gasteiger partial charge on any atom is -0.496 e. The lowest BCUT2D eigenvalue weighted by Gasteiger charge is -2.32. The average molecular weight is 553 g/mol. The van der Waals surface area contributed by atoms with E-state index in [-0.39, 0.29) is 18.0 Å². The van der Waals surface area contributed by atoms with Crippen molar-refractivity contribution in [1.82, 2.24) is 20.3 Å². The molecule has 0 spiro atoms. The minimum atomic E-state index is -0.223. The van der Waals surface area contributed by atoms with Gasteiger partial charge in [0.05, 0.1) is 43.6 Å². The van der Waals surface area contributed by atoms with E-state index in [0.717, 1.165) is 23.1 Å². The van der Waals surface area contributed by atoms with E-state index in [2.05, 4.69) is 27.5 Å². The van der Waals surface area contributed by atoms with Crippen molar-refractivity contribution in [3.05, 3.63) is 41.6 Å². The smallest absolute Gasteiger partial charge is 0.243 e. The van der Waals surface area contributed by atoms with Crippen molar-refractivity contribution in [1.29, 1.82) is 0 Å². The number of fused-ring (bicyclic) bond motifs is 1. The Morgan fingerprint density at radius 2 is 1.97 bits per heavy atom. The summed E-state index contributed by atoms with van der Waals surface area (Å²) in [5.41, 5.74) is 2.93. The standard InChI is InChI=1S/C28H33ClN6O4/c1-5-23(36)32-18-8-9-39-14-20(18)34-28-31-13-17-10-19(33-27(26(17)35-28)30-12-16-6-7-16)24-15(2)21(37-3)11-22(38-4)25(24)29/h5,10-11,13,16,18,20H,1,6-9,12,14H2,2-4H3,(H,30,33)(H,32,36)(H,31,34,35)/t18-,20+/m0/s1. The number of amides is 1. The molecule has 1 aliphatic heterocycles. The fraction of sp³-hybridized carbons (Fsp3) is 0.429. The van der Waals surface area contributed by atoms with Crippen molar-refractivity contribution in [3.8, 4) is 22.8 Å². The molecule has 206 valence electrons. The predicted octanol–water partition coefficient (Wildman–Crippen LogP) is 4.36. The van der Waals surface area contributed by atoms with Crippen molar-refractivity contribution in [2.45, 2.75) is 38.3 Å². The maximum atomic E-state index is 11.9.